The number of phenolic OH excluding ortho intramolecular Hbond substituents is 1. The molecule has 0 spiro atoms. The first-order chi connectivity index (χ1) is 6.60. The van der Waals surface area contributed by atoms with Gasteiger partial charge in [0.15, 0.2) is 11.6 Å². The first-order valence-corrected chi connectivity index (χ1v) is 3.85. The molecule has 0 heterocycles. The molecule has 0 unspecified atom stereocenters. The van der Waals surface area contributed by atoms with E-state index in [1.165, 1.54) is 20.1 Å². The van der Waals surface area contributed by atoms with Crippen LogP contribution in [-0.2, 0) is 0 Å². The molecule has 1 aromatic rings. The summed E-state index contributed by atoms with van der Waals surface area (Å²) in [5, 5.41) is 20.7. The van der Waals surface area contributed by atoms with Gasteiger partial charge in [0.2, 0.25) is 0 Å². The number of halogens is 1. The number of benzene rings is 1. The Morgan fingerprint density at radius 3 is 2.64 bits per heavy atom. The molecule has 1 aromatic carbocycles. The molecule has 14 heavy (non-hydrogen) atoms. The summed E-state index contributed by atoms with van der Waals surface area (Å²) in [5.74, 6) is -0.973. The van der Waals surface area contributed by atoms with Crippen LogP contribution in [0.1, 0.15) is 12.5 Å². The van der Waals surface area contributed by atoms with Crippen molar-refractivity contribution in [1.82, 2.24) is 0 Å². The Morgan fingerprint density at radius 2 is 2.14 bits per heavy atom. The average Bonchev–Trinajstić information content (AvgIpc) is 2.17. The van der Waals surface area contributed by atoms with E-state index in [2.05, 4.69) is 5.16 Å². The van der Waals surface area contributed by atoms with Crippen LogP contribution in [-0.4, -0.2) is 23.1 Å². The molecule has 0 aromatic heterocycles. The van der Waals surface area contributed by atoms with Crippen molar-refractivity contribution in [3.8, 4) is 11.5 Å². The van der Waals surface area contributed by atoms with Crippen molar-refractivity contribution in [2.45, 2.75) is 6.92 Å². The van der Waals surface area contributed by atoms with E-state index in [0.29, 0.717) is 0 Å². The summed E-state index contributed by atoms with van der Waals surface area (Å²) in [5.41, 5.74) is 0.409. The van der Waals surface area contributed by atoms with Crippen LogP contribution in [0, 0.1) is 5.82 Å². The lowest BCUT2D eigenvalue weighted by Crippen LogP contribution is -1.98. The van der Waals surface area contributed by atoms with Gasteiger partial charge in [-0.15, -0.1) is 0 Å². The third-order valence-electron chi connectivity index (χ3n) is 1.81. The Bertz CT molecular complexity index is 377. The zero-order chi connectivity index (χ0) is 10.7. The Labute approximate surface area is 80.2 Å². The van der Waals surface area contributed by atoms with Gasteiger partial charge >= 0.3 is 0 Å². The number of nitrogens with zero attached hydrogens (tertiary/aromatic N) is 1. The van der Waals surface area contributed by atoms with Crippen LogP contribution < -0.4 is 4.74 Å². The lowest BCUT2D eigenvalue weighted by atomic mass is 10.1. The van der Waals surface area contributed by atoms with Crippen molar-refractivity contribution in [3.05, 3.63) is 23.5 Å². The van der Waals surface area contributed by atoms with Gasteiger partial charge < -0.3 is 15.1 Å². The van der Waals surface area contributed by atoms with Gasteiger partial charge in [0.1, 0.15) is 5.75 Å². The van der Waals surface area contributed by atoms with Crippen LogP contribution in [0.15, 0.2) is 17.3 Å². The predicted molar refractivity (Wildman–Crippen MR) is 48.6 cm³/mol. The van der Waals surface area contributed by atoms with Crippen LogP contribution in [0.3, 0.4) is 0 Å². The quantitative estimate of drug-likeness (QED) is 0.433. The van der Waals surface area contributed by atoms with Crippen LogP contribution in [0.5, 0.6) is 11.5 Å². The molecule has 2 N–H and O–H groups in total. The summed E-state index contributed by atoms with van der Waals surface area (Å²) in [4.78, 5) is 0. The van der Waals surface area contributed by atoms with Gasteiger partial charge in [-0.25, -0.2) is 4.39 Å². The SMILES string of the molecule is COc1cc(/C(C)=N/O)c(O)cc1F. The summed E-state index contributed by atoms with van der Waals surface area (Å²) in [7, 11) is 1.31. The van der Waals surface area contributed by atoms with Crippen molar-refractivity contribution < 1.29 is 19.4 Å². The number of ether oxygens (including phenoxy) is 1. The van der Waals surface area contributed by atoms with Gasteiger partial charge in [-0.3, -0.25) is 0 Å². The molecule has 0 aliphatic heterocycles. The van der Waals surface area contributed by atoms with E-state index in [0.717, 1.165) is 6.07 Å². The summed E-state index contributed by atoms with van der Waals surface area (Å²) in [6.07, 6.45) is 0. The molecule has 4 nitrogen and oxygen atoms in total. The molecule has 0 aliphatic carbocycles. The minimum absolute atomic E-state index is 0.0131. The minimum Gasteiger partial charge on any atom is -0.507 e. The zero-order valence-electron chi connectivity index (χ0n) is 7.78. The molecule has 0 aliphatic rings. The summed E-state index contributed by atoms with van der Waals surface area (Å²) in [6.45, 7) is 1.48. The number of methoxy groups -OCH3 is 1. The number of phenols is 1. The van der Waals surface area contributed by atoms with Crippen LogP contribution >= 0.6 is 0 Å². The van der Waals surface area contributed by atoms with Crippen molar-refractivity contribution in [3.63, 3.8) is 0 Å². The number of hydrogen-bond acceptors (Lipinski definition) is 4. The first kappa shape index (κ1) is 10.3. The Morgan fingerprint density at radius 1 is 1.50 bits per heavy atom. The van der Waals surface area contributed by atoms with Crippen LogP contribution in [0.2, 0.25) is 0 Å². The van der Waals surface area contributed by atoms with Crippen molar-refractivity contribution in [2.24, 2.45) is 5.16 Å². The second kappa shape index (κ2) is 3.95. The zero-order valence-corrected chi connectivity index (χ0v) is 7.78. The fourth-order valence-electron chi connectivity index (χ4n) is 1.04. The van der Waals surface area contributed by atoms with E-state index in [4.69, 9.17) is 9.94 Å². The fraction of sp³-hybridized carbons (Fsp3) is 0.222. The van der Waals surface area contributed by atoms with E-state index in [1.54, 1.807) is 0 Å². The fourth-order valence-corrected chi connectivity index (χ4v) is 1.04. The normalized spacial score (nSPS) is 11.5. The van der Waals surface area contributed by atoms with Gasteiger partial charge in [0.25, 0.3) is 0 Å². The molecule has 1 rings (SSSR count). The number of aromatic hydroxyl groups is 1. The molecule has 0 atom stereocenters. The van der Waals surface area contributed by atoms with Gasteiger partial charge in [-0.2, -0.15) is 0 Å². The Kier molecular flexibility index (Phi) is 2.91. The lowest BCUT2D eigenvalue weighted by molar-refractivity contribution is 0.318. The maximum atomic E-state index is 13.0. The Balaban J connectivity index is 3.31. The maximum Gasteiger partial charge on any atom is 0.168 e. The lowest BCUT2D eigenvalue weighted by Gasteiger charge is -2.06. The number of hydrogen-bond donors (Lipinski definition) is 2. The monoisotopic (exact) mass is 199 g/mol. The predicted octanol–water partition coefficient (Wildman–Crippen LogP) is 1.74. The highest BCUT2D eigenvalue weighted by molar-refractivity contribution is 6.00. The maximum absolute atomic E-state index is 13.0. The van der Waals surface area contributed by atoms with E-state index in [-0.39, 0.29) is 22.8 Å². The average molecular weight is 199 g/mol. The van der Waals surface area contributed by atoms with Crippen molar-refractivity contribution in [1.29, 1.82) is 0 Å². The first-order valence-electron chi connectivity index (χ1n) is 3.85. The molecule has 0 amide bonds. The molecule has 76 valence electrons. The highest BCUT2D eigenvalue weighted by atomic mass is 19.1. The molecule has 0 saturated heterocycles. The molecule has 0 fully saturated rings. The van der Waals surface area contributed by atoms with Crippen molar-refractivity contribution >= 4 is 5.71 Å². The van der Waals surface area contributed by atoms with Gasteiger partial charge in [-0.1, -0.05) is 5.16 Å². The summed E-state index contributed by atoms with van der Waals surface area (Å²) < 4.78 is 17.7. The van der Waals surface area contributed by atoms with Gasteiger partial charge in [0.05, 0.1) is 12.8 Å². The highest BCUT2D eigenvalue weighted by Gasteiger charge is 2.11. The molecule has 5 heteroatoms. The molecular weight excluding hydrogens is 189 g/mol. The standard InChI is InChI=1S/C9H10FNO3/c1-5(11-13)6-3-9(14-2)7(10)4-8(6)12/h3-4,12-13H,1-2H3/b11-5+. The highest BCUT2D eigenvalue weighted by Crippen LogP contribution is 2.27. The molecule has 0 radical (unpaired) electrons. The van der Waals surface area contributed by atoms with Gasteiger partial charge in [0, 0.05) is 11.6 Å². The Hall–Kier alpha value is -1.78. The van der Waals surface area contributed by atoms with E-state index in [9.17, 15) is 9.50 Å². The van der Waals surface area contributed by atoms with E-state index in [1.807, 2.05) is 0 Å². The van der Waals surface area contributed by atoms with E-state index >= 15 is 0 Å². The van der Waals surface area contributed by atoms with E-state index < -0.39 is 5.82 Å². The third kappa shape index (κ3) is 1.76. The van der Waals surface area contributed by atoms with Crippen LogP contribution in [0.4, 0.5) is 4.39 Å². The van der Waals surface area contributed by atoms with Crippen molar-refractivity contribution in [2.75, 3.05) is 7.11 Å². The second-order valence-corrected chi connectivity index (χ2v) is 2.69. The summed E-state index contributed by atoms with van der Waals surface area (Å²) in [6, 6.07) is 2.17. The minimum atomic E-state index is -0.667. The third-order valence-corrected chi connectivity index (χ3v) is 1.81. The van der Waals surface area contributed by atoms with Crippen LogP contribution in [0.25, 0.3) is 0 Å². The smallest absolute Gasteiger partial charge is 0.168 e. The topological polar surface area (TPSA) is 62.0 Å². The second-order valence-electron chi connectivity index (χ2n) is 2.69. The number of rotatable bonds is 2. The largest absolute Gasteiger partial charge is 0.507 e. The molecule has 0 bridgehead atoms. The molecular formula is C9H10FNO3. The number of oxime groups is 1. The van der Waals surface area contributed by atoms with Gasteiger partial charge in [-0.05, 0) is 13.0 Å². The molecule has 0 saturated carbocycles. The summed E-state index contributed by atoms with van der Waals surface area (Å²) >= 11 is 0.